The lowest BCUT2D eigenvalue weighted by Gasteiger charge is -2.19. The third kappa shape index (κ3) is 3.83. The number of pyridine rings is 1. The van der Waals surface area contributed by atoms with Gasteiger partial charge in [-0.15, -0.1) is 0 Å². The molecule has 2 amide bonds. The average Bonchev–Trinajstić information content (AvgIpc) is 3.10. The maximum atomic E-state index is 13.1. The van der Waals surface area contributed by atoms with Gasteiger partial charge in [0.15, 0.2) is 5.76 Å². The Morgan fingerprint density at radius 3 is 2.74 bits per heavy atom. The lowest BCUT2D eigenvalue weighted by atomic mass is 9.89. The Labute approximate surface area is 162 Å². The van der Waals surface area contributed by atoms with Crippen LogP contribution in [0, 0.1) is 0 Å². The molecule has 0 spiro atoms. The van der Waals surface area contributed by atoms with E-state index in [0.717, 1.165) is 28.1 Å². The SMILES string of the molecule is CCCC(C)c1cc(N(S)C(N)=O)ccc1C(=O)c1cc2cccnc2o1. The molecule has 2 N–H and O–H groups in total. The van der Waals surface area contributed by atoms with Crippen molar-refractivity contribution >= 4 is 41.4 Å². The quantitative estimate of drug-likeness (QED) is 0.477. The Morgan fingerprint density at radius 2 is 2.07 bits per heavy atom. The van der Waals surface area contributed by atoms with E-state index in [-0.39, 0.29) is 17.5 Å². The van der Waals surface area contributed by atoms with Gasteiger partial charge in [-0.2, -0.15) is 0 Å². The highest BCUT2D eigenvalue weighted by atomic mass is 32.1. The molecule has 7 heteroatoms. The van der Waals surface area contributed by atoms with Crippen LogP contribution < -0.4 is 10.0 Å². The minimum absolute atomic E-state index is 0.117. The molecule has 0 radical (unpaired) electrons. The molecule has 0 aliphatic carbocycles. The van der Waals surface area contributed by atoms with E-state index in [1.807, 2.05) is 13.0 Å². The van der Waals surface area contributed by atoms with E-state index in [1.165, 1.54) is 0 Å². The van der Waals surface area contributed by atoms with E-state index in [2.05, 4.69) is 24.7 Å². The number of carbonyl (C=O) groups is 2. The zero-order valence-electron chi connectivity index (χ0n) is 15.2. The number of nitrogens with two attached hydrogens (primary N) is 1. The summed E-state index contributed by atoms with van der Waals surface area (Å²) in [6.07, 6.45) is 3.48. The molecule has 0 fully saturated rings. The van der Waals surface area contributed by atoms with Gasteiger partial charge in [0.05, 0.1) is 5.69 Å². The second kappa shape index (κ2) is 7.84. The van der Waals surface area contributed by atoms with Crippen LogP contribution in [0.2, 0.25) is 0 Å². The number of thiol groups is 1. The summed E-state index contributed by atoms with van der Waals surface area (Å²) in [5, 5.41) is 0.774. The first-order valence-corrected chi connectivity index (χ1v) is 9.14. The standard InChI is InChI=1S/C20H21N3O3S/c1-3-5-12(2)16-11-14(23(27)20(21)25)7-8-15(16)18(24)17-10-13-6-4-9-22-19(13)26-17/h4,6-12,27H,3,5H2,1-2H3,(H2,21,25). The predicted molar refractivity (Wildman–Crippen MR) is 108 cm³/mol. The first-order chi connectivity index (χ1) is 12.9. The number of aromatic nitrogens is 1. The number of furan rings is 1. The minimum Gasteiger partial charge on any atom is -0.434 e. The Bertz CT molecular complexity index is 966. The van der Waals surface area contributed by atoms with Crippen molar-refractivity contribution in [3.63, 3.8) is 0 Å². The number of anilines is 1. The van der Waals surface area contributed by atoms with Crippen LogP contribution in [0.1, 0.15) is 54.3 Å². The fourth-order valence-electron chi connectivity index (χ4n) is 3.13. The average molecular weight is 383 g/mol. The summed E-state index contributed by atoms with van der Waals surface area (Å²) in [4.78, 5) is 28.7. The summed E-state index contributed by atoms with van der Waals surface area (Å²) in [7, 11) is 0. The van der Waals surface area contributed by atoms with Crippen molar-refractivity contribution in [1.82, 2.24) is 4.98 Å². The summed E-state index contributed by atoms with van der Waals surface area (Å²) < 4.78 is 6.69. The maximum Gasteiger partial charge on any atom is 0.329 e. The van der Waals surface area contributed by atoms with E-state index in [9.17, 15) is 9.59 Å². The van der Waals surface area contributed by atoms with Gasteiger partial charge in [-0.3, -0.25) is 4.79 Å². The number of primary amides is 1. The van der Waals surface area contributed by atoms with Crippen molar-refractivity contribution in [2.45, 2.75) is 32.6 Å². The zero-order chi connectivity index (χ0) is 19.6. The van der Waals surface area contributed by atoms with Gasteiger partial charge in [0, 0.05) is 17.1 Å². The van der Waals surface area contributed by atoms with E-state index in [0.29, 0.717) is 17.0 Å². The third-order valence-corrected chi connectivity index (χ3v) is 4.93. The first kappa shape index (κ1) is 19.0. The first-order valence-electron chi connectivity index (χ1n) is 8.74. The second-order valence-electron chi connectivity index (χ2n) is 6.45. The molecular formula is C20H21N3O3S. The van der Waals surface area contributed by atoms with Gasteiger partial charge in [0.2, 0.25) is 11.5 Å². The molecule has 0 saturated carbocycles. The van der Waals surface area contributed by atoms with Crippen LogP contribution in [0.25, 0.3) is 11.1 Å². The number of urea groups is 1. The van der Waals surface area contributed by atoms with Gasteiger partial charge in [-0.1, -0.05) is 33.1 Å². The normalized spacial score (nSPS) is 12.1. The number of ketones is 1. The van der Waals surface area contributed by atoms with Crippen molar-refractivity contribution < 1.29 is 14.0 Å². The Morgan fingerprint density at radius 1 is 1.30 bits per heavy atom. The summed E-state index contributed by atoms with van der Waals surface area (Å²) in [5.74, 6) is 0.132. The largest absolute Gasteiger partial charge is 0.434 e. The van der Waals surface area contributed by atoms with Crippen molar-refractivity contribution in [3.8, 4) is 0 Å². The number of hydrogen-bond acceptors (Lipinski definition) is 5. The highest BCUT2D eigenvalue weighted by Gasteiger charge is 2.22. The number of nitrogens with zero attached hydrogens (tertiary/aromatic N) is 2. The highest BCUT2D eigenvalue weighted by Crippen LogP contribution is 2.31. The molecule has 0 aliphatic heterocycles. The molecule has 3 aromatic rings. The second-order valence-corrected chi connectivity index (χ2v) is 6.85. The summed E-state index contributed by atoms with van der Waals surface area (Å²) in [5.41, 5.74) is 7.61. The monoisotopic (exact) mass is 383 g/mol. The number of fused-ring (bicyclic) bond motifs is 1. The summed E-state index contributed by atoms with van der Waals surface area (Å²) >= 11 is 4.12. The lowest BCUT2D eigenvalue weighted by molar-refractivity contribution is 0.101. The Kier molecular flexibility index (Phi) is 5.51. The molecule has 6 nitrogen and oxygen atoms in total. The van der Waals surface area contributed by atoms with Gasteiger partial charge >= 0.3 is 6.03 Å². The van der Waals surface area contributed by atoms with E-state index < -0.39 is 6.03 Å². The van der Waals surface area contributed by atoms with Crippen LogP contribution >= 0.6 is 12.8 Å². The van der Waals surface area contributed by atoms with Crippen LogP contribution in [0.3, 0.4) is 0 Å². The van der Waals surface area contributed by atoms with Gasteiger partial charge in [0.1, 0.15) is 0 Å². The van der Waals surface area contributed by atoms with E-state index in [1.54, 1.807) is 36.5 Å². The van der Waals surface area contributed by atoms with Crippen LogP contribution in [0.15, 0.2) is 47.0 Å². The Balaban J connectivity index is 2.06. The molecule has 1 atom stereocenters. The molecule has 140 valence electrons. The topological polar surface area (TPSA) is 89.4 Å². The molecule has 2 aromatic heterocycles. The van der Waals surface area contributed by atoms with Crippen LogP contribution in [-0.2, 0) is 0 Å². The molecule has 0 saturated heterocycles. The number of hydrogen-bond donors (Lipinski definition) is 2. The van der Waals surface area contributed by atoms with Gasteiger partial charge in [-0.25, -0.2) is 14.1 Å². The van der Waals surface area contributed by atoms with Crippen molar-refractivity contribution in [2.75, 3.05) is 4.31 Å². The number of carbonyl (C=O) groups excluding carboxylic acids is 2. The molecule has 0 bridgehead atoms. The van der Waals surface area contributed by atoms with Gasteiger partial charge < -0.3 is 10.2 Å². The smallest absolute Gasteiger partial charge is 0.329 e. The number of amides is 2. The van der Waals surface area contributed by atoms with Crippen molar-refractivity contribution in [3.05, 3.63) is 59.5 Å². The third-order valence-electron chi connectivity index (χ3n) is 4.50. The summed E-state index contributed by atoms with van der Waals surface area (Å²) in [6, 6.07) is 9.77. The highest BCUT2D eigenvalue weighted by molar-refractivity contribution is 7.82. The molecular weight excluding hydrogens is 362 g/mol. The van der Waals surface area contributed by atoms with Crippen molar-refractivity contribution in [2.24, 2.45) is 5.73 Å². The lowest BCUT2D eigenvalue weighted by Crippen LogP contribution is -2.27. The number of rotatable bonds is 6. The fraction of sp³-hybridized carbons (Fsp3) is 0.250. The zero-order valence-corrected chi connectivity index (χ0v) is 16.1. The van der Waals surface area contributed by atoms with E-state index >= 15 is 0 Å². The summed E-state index contributed by atoms with van der Waals surface area (Å²) in [6.45, 7) is 4.13. The van der Waals surface area contributed by atoms with Crippen molar-refractivity contribution in [1.29, 1.82) is 0 Å². The predicted octanol–water partition coefficient (Wildman–Crippen LogP) is 4.69. The van der Waals surface area contributed by atoms with Crippen LogP contribution in [-0.4, -0.2) is 16.8 Å². The van der Waals surface area contributed by atoms with Gasteiger partial charge in [-0.05, 0) is 54.3 Å². The number of benzene rings is 1. The molecule has 1 unspecified atom stereocenters. The van der Waals surface area contributed by atoms with Crippen LogP contribution in [0.5, 0.6) is 0 Å². The van der Waals surface area contributed by atoms with E-state index in [4.69, 9.17) is 10.2 Å². The van der Waals surface area contributed by atoms with Crippen LogP contribution in [0.4, 0.5) is 10.5 Å². The molecule has 0 aliphatic rings. The Hall–Kier alpha value is -2.80. The molecule has 2 heterocycles. The maximum absolute atomic E-state index is 13.1. The molecule has 1 aromatic carbocycles. The molecule has 27 heavy (non-hydrogen) atoms. The fourth-order valence-corrected chi connectivity index (χ4v) is 3.25. The molecule has 3 rings (SSSR count). The minimum atomic E-state index is -0.685. The van der Waals surface area contributed by atoms with Gasteiger partial charge in [0.25, 0.3) is 0 Å².